The Morgan fingerprint density at radius 2 is 1.62 bits per heavy atom. The largest absolute Gasteiger partial charge is 0.504 e. The second-order valence-corrected chi connectivity index (χ2v) is 8.74. The molecule has 0 amide bonds. The molecule has 8 heteroatoms. The van der Waals surface area contributed by atoms with Crippen molar-refractivity contribution in [2.45, 2.75) is 38.5 Å². The van der Waals surface area contributed by atoms with Crippen molar-refractivity contribution in [2.75, 3.05) is 6.61 Å². The Morgan fingerprint density at radius 1 is 0.906 bits per heavy atom. The topological polar surface area (TPSA) is 87.0 Å². The van der Waals surface area contributed by atoms with Gasteiger partial charge in [0, 0.05) is 5.56 Å². The zero-order valence-electron chi connectivity index (χ0n) is 17.4. The molecule has 32 heavy (non-hydrogen) atoms. The SMILES string of the molecule is C[C@H](C(=O)O)c1ccc2ccc(OCCCCCc3c(O)c(O)c(Cl)c(Cl)c3Cl)cc2c1. The molecule has 1 atom stereocenters. The van der Waals surface area contributed by atoms with E-state index in [0.717, 1.165) is 29.2 Å². The summed E-state index contributed by atoms with van der Waals surface area (Å²) in [5, 5.41) is 31.1. The maximum Gasteiger partial charge on any atom is 0.310 e. The fraction of sp³-hybridized carbons (Fsp3) is 0.292. The Bertz CT molecular complexity index is 1120. The van der Waals surface area contributed by atoms with Gasteiger partial charge >= 0.3 is 5.97 Å². The van der Waals surface area contributed by atoms with Crippen molar-refractivity contribution in [3.05, 3.63) is 62.6 Å². The summed E-state index contributed by atoms with van der Waals surface area (Å²) in [6, 6.07) is 11.4. The Kier molecular flexibility index (Phi) is 7.99. The molecule has 0 aliphatic rings. The van der Waals surface area contributed by atoms with E-state index in [4.69, 9.17) is 39.5 Å². The molecule has 0 aliphatic carbocycles. The van der Waals surface area contributed by atoms with Crippen LogP contribution in [0.2, 0.25) is 15.1 Å². The van der Waals surface area contributed by atoms with Crippen molar-refractivity contribution in [1.82, 2.24) is 0 Å². The third kappa shape index (κ3) is 5.34. The Labute approximate surface area is 201 Å². The predicted molar refractivity (Wildman–Crippen MR) is 128 cm³/mol. The third-order valence-electron chi connectivity index (χ3n) is 5.41. The number of halogens is 3. The van der Waals surface area contributed by atoms with Gasteiger partial charge in [0.15, 0.2) is 11.5 Å². The minimum atomic E-state index is -0.859. The van der Waals surface area contributed by atoms with Crippen molar-refractivity contribution >= 4 is 51.5 Å². The number of carbonyl (C=O) groups is 1. The number of rotatable bonds is 9. The van der Waals surface area contributed by atoms with Gasteiger partial charge in [0.05, 0.1) is 22.6 Å². The number of carboxylic acids is 1. The van der Waals surface area contributed by atoms with Gasteiger partial charge in [-0.3, -0.25) is 4.79 Å². The van der Waals surface area contributed by atoms with Crippen LogP contribution in [0.1, 0.15) is 43.2 Å². The lowest BCUT2D eigenvalue weighted by Crippen LogP contribution is -2.07. The molecule has 3 N–H and O–H groups in total. The average molecular weight is 498 g/mol. The van der Waals surface area contributed by atoms with E-state index in [1.54, 1.807) is 6.92 Å². The number of aliphatic carboxylic acids is 1. The van der Waals surface area contributed by atoms with Crippen molar-refractivity contribution in [1.29, 1.82) is 0 Å². The molecule has 170 valence electrons. The molecular weight excluding hydrogens is 475 g/mol. The van der Waals surface area contributed by atoms with E-state index in [2.05, 4.69) is 0 Å². The van der Waals surface area contributed by atoms with Crippen molar-refractivity contribution in [3.8, 4) is 17.2 Å². The molecule has 0 bridgehead atoms. The fourth-order valence-corrected chi connectivity index (χ4v) is 4.14. The monoisotopic (exact) mass is 496 g/mol. The summed E-state index contributed by atoms with van der Waals surface area (Å²) in [5.41, 5.74) is 1.12. The fourth-order valence-electron chi connectivity index (χ4n) is 3.43. The van der Waals surface area contributed by atoms with Gasteiger partial charge in [-0.25, -0.2) is 0 Å². The molecule has 0 saturated heterocycles. The molecule has 3 rings (SSSR count). The Hall–Kier alpha value is -2.34. The highest BCUT2D eigenvalue weighted by Gasteiger charge is 2.20. The average Bonchev–Trinajstić information content (AvgIpc) is 2.79. The highest BCUT2D eigenvalue weighted by atomic mass is 35.5. The summed E-state index contributed by atoms with van der Waals surface area (Å²) in [6.07, 6.45) is 2.74. The number of benzene rings is 3. The van der Waals surface area contributed by atoms with Gasteiger partial charge in [-0.15, -0.1) is 0 Å². The Balaban J connectivity index is 1.53. The molecule has 0 radical (unpaired) electrons. The molecular formula is C24H23Cl3O5. The maximum absolute atomic E-state index is 11.2. The van der Waals surface area contributed by atoms with E-state index < -0.39 is 17.6 Å². The lowest BCUT2D eigenvalue weighted by atomic mass is 9.98. The molecule has 3 aromatic carbocycles. The minimum Gasteiger partial charge on any atom is -0.504 e. The maximum atomic E-state index is 11.2. The zero-order chi connectivity index (χ0) is 23.4. The smallest absolute Gasteiger partial charge is 0.310 e. The van der Waals surface area contributed by atoms with Crippen LogP contribution in [-0.2, 0) is 11.2 Å². The summed E-state index contributed by atoms with van der Waals surface area (Å²) in [5.74, 6) is -1.52. The first-order valence-corrected chi connectivity index (χ1v) is 11.3. The zero-order valence-corrected chi connectivity index (χ0v) is 19.6. The van der Waals surface area contributed by atoms with E-state index >= 15 is 0 Å². The lowest BCUT2D eigenvalue weighted by Gasteiger charge is -2.12. The Morgan fingerprint density at radius 3 is 2.34 bits per heavy atom. The van der Waals surface area contributed by atoms with Crippen LogP contribution >= 0.6 is 34.8 Å². The van der Waals surface area contributed by atoms with Crippen LogP contribution in [0.3, 0.4) is 0 Å². The third-order valence-corrected chi connectivity index (χ3v) is 6.77. The normalized spacial score (nSPS) is 12.1. The number of unbranched alkanes of at least 4 members (excludes halogenated alkanes) is 2. The van der Waals surface area contributed by atoms with Crippen molar-refractivity contribution in [3.63, 3.8) is 0 Å². The molecule has 0 aliphatic heterocycles. The molecule has 0 spiro atoms. The number of ether oxygens (including phenoxy) is 1. The van der Waals surface area contributed by atoms with Crippen molar-refractivity contribution in [2.24, 2.45) is 0 Å². The molecule has 5 nitrogen and oxygen atoms in total. The van der Waals surface area contributed by atoms with Gasteiger partial charge < -0.3 is 20.1 Å². The van der Waals surface area contributed by atoms with Crippen LogP contribution in [-0.4, -0.2) is 27.9 Å². The van der Waals surface area contributed by atoms with Crippen LogP contribution < -0.4 is 4.74 Å². The number of phenolic OH excluding ortho intramolecular Hbond substituents is 2. The predicted octanol–water partition coefficient (Wildman–Crippen LogP) is 7.19. The highest BCUT2D eigenvalue weighted by Crippen LogP contribution is 2.46. The van der Waals surface area contributed by atoms with Crippen LogP contribution in [0, 0.1) is 0 Å². The standard InChI is InChI=1S/C24H23Cl3O5/c1-13(24(30)31)15-7-6-14-8-9-17(12-16(14)11-15)32-10-4-2-3-5-18-19(25)20(26)21(27)23(29)22(18)28/h6-9,11-13,28-29H,2-5,10H2,1H3,(H,30,31)/t13-/m0/s1. The highest BCUT2D eigenvalue weighted by molar-refractivity contribution is 6.49. The van der Waals surface area contributed by atoms with Gasteiger partial charge in [-0.05, 0) is 61.1 Å². The first-order chi connectivity index (χ1) is 15.2. The van der Waals surface area contributed by atoms with Gasteiger partial charge in [0.25, 0.3) is 0 Å². The van der Waals surface area contributed by atoms with E-state index in [1.165, 1.54) is 0 Å². The quantitative estimate of drug-likeness (QED) is 0.165. The molecule has 0 unspecified atom stereocenters. The summed E-state index contributed by atoms with van der Waals surface area (Å²) >= 11 is 18.0. The lowest BCUT2D eigenvalue weighted by molar-refractivity contribution is -0.138. The first-order valence-electron chi connectivity index (χ1n) is 10.2. The van der Waals surface area contributed by atoms with Gasteiger partial charge in [0.1, 0.15) is 10.8 Å². The van der Waals surface area contributed by atoms with Crippen molar-refractivity contribution < 1.29 is 24.9 Å². The number of phenols is 2. The van der Waals surface area contributed by atoms with Crippen LogP contribution in [0.25, 0.3) is 10.8 Å². The van der Waals surface area contributed by atoms with E-state index in [-0.39, 0.29) is 20.8 Å². The number of fused-ring (bicyclic) bond motifs is 1. The first kappa shape index (κ1) is 24.3. The van der Waals surface area contributed by atoms with E-state index in [9.17, 15) is 20.1 Å². The molecule has 0 saturated carbocycles. The molecule has 0 aromatic heterocycles. The second-order valence-electron chi connectivity index (χ2n) is 7.61. The molecule has 0 heterocycles. The van der Waals surface area contributed by atoms with Gasteiger partial charge in [-0.2, -0.15) is 0 Å². The van der Waals surface area contributed by atoms with Crippen LogP contribution in [0.4, 0.5) is 0 Å². The summed E-state index contributed by atoms with van der Waals surface area (Å²) < 4.78 is 5.85. The van der Waals surface area contributed by atoms with Crippen LogP contribution in [0.5, 0.6) is 17.2 Å². The van der Waals surface area contributed by atoms with Crippen LogP contribution in [0.15, 0.2) is 36.4 Å². The molecule has 3 aromatic rings. The van der Waals surface area contributed by atoms with E-state index in [0.29, 0.717) is 30.8 Å². The number of aromatic hydroxyl groups is 2. The summed E-state index contributed by atoms with van der Waals surface area (Å²) in [7, 11) is 0. The summed E-state index contributed by atoms with van der Waals surface area (Å²) in [6.45, 7) is 2.17. The second kappa shape index (κ2) is 10.5. The molecule has 0 fully saturated rings. The number of hydrogen-bond donors (Lipinski definition) is 3. The minimum absolute atomic E-state index is 0.0270. The van der Waals surface area contributed by atoms with E-state index in [1.807, 2.05) is 36.4 Å². The summed E-state index contributed by atoms with van der Waals surface area (Å²) in [4.78, 5) is 11.2. The number of carboxylic acid groups (broad SMARTS) is 1. The van der Waals surface area contributed by atoms with Gasteiger partial charge in [-0.1, -0.05) is 59.1 Å². The number of hydrogen-bond acceptors (Lipinski definition) is 4. The van der Waals surface area contributed by atoms with Gasteiger partial charge in [0.2, 0.25) is 0 Å².